The Morgan fingerprint density at radius 3 is 2.59 bits per heavy atom. The van der Waals surface area contributed by atoms with Crippen molar-refractivity contribution >= 4 is 0 Å². The van der Waals surface area contributed by atoms with Gasteiger partial charge in [0.05, 0.1) is 11.4 Å². The van der Waals surface area contributed by atoms with Crippen LogP contribution in [0.1, 0.15) is 37.6 Å². The van der Waals surface area contributed by atoms with Gasteiger partial charge in [0, 0.05) is 13.0 Å². The average molecular weight is 239 g/mol. The van der Waals surface area contributed by atoms with E-state index >= 15 is 0 Å². The minimum Gasteiger partial charge on any atom is -0.330 e. The lowest BCUT2D eigenvalue weighted by Crippen LogP contribution is -2.17. The molecule has 1 rings (SSSR count). The molecule has 1 aromatic heterocycles. The number of nitrogens with two attached hydrogens (primary N) is 1. The van der Waals surface area contributed by atoms with Crippen LogP contribution in [0.5, 0.6) is 0 Å². The zero-order valence-electron chi connectivity index (χ0n) is 11.5. The Bertz CT molecular complexity index is 330. The third-order valence-corrected chi connectivity index (χ3v) is 2.75. The number of hydrogen-bond donors (Lipinski definition) is 1. The second kappa shape index (κ2) is 6.71. The maximum atomic E-state index is 5.59. The first-order valence-electron chi connectivity index (χ1n) is 6.33. The molecule has 2 N–H and O–H groups in total. The van der Waals surface area contributed by atoms with E-state index in [-0.39, 0.29) is 0 Å². The van der Waals surface area contributed by atoms with E-state index in [1.807, 2.05) is 4.68 Å². The quantitative estimate of drug-likeness (QED) is 0.766. The van der Waals surface area contributed by atoms with Crippen molar-refractivity contribution in [3.63, 3.8) is 0 Å². The largest absolute Gasteiger partial charge is 0.330 e. The number of rotatable bonds is 7. The summed E-state index contributed by atoms with van der Waals surface area (Å²) in [5.41, 5.74) is 7.90. The van der Waals surface area contributed by atoms with Crippen LogP contribution in [0.3, 0.4) is 0 Å². The van der Waals surface area contributed by atoms with E-state index in [1.54, 1.807) is 0 Å². The fraction of sp³-hybridized carbons (Fsp3) is 0.833. The third kappa shape index (κ3) is 4.09. The monoisotopic (exact) mass is 239 g/mol. The molecule has 0 saturated heterocycles. The van der Waals surface area contributed by atoms with Crippen LogP contribution in [0.2, 0.25) is 0 Å². The molecular formula is C12H25N5. The Hall–Kier alpha value is -0.940. The van der Waals surface area contributed by atoms with Crippen molar-refractivity contribution in [1.29, 1.82) is 0 Å². The van der Waals surface area contributed by atoms with Gasteiger partial charge in [-0.15, -0.1) is 5.10 Å². The van der Waals surface area contributed by atoms with Crippen LogP contribution < -0.4 is 5.73 Å². The van der Waals surface area contributed by atoms with Crippen molar-refractivity contribution in [2.45, 2.75) is 39.2 Å². The highest BCUT2D eigenvalue weighted by molar-refractivity contribution is 5.14. The lowest BCUT2D eigenvalue weighted by Gasteiger charge is -2.12. The summed E-state index contributed by atoms with van der Waals surface area (Å²) < 4.78 is 2.04. The summed E-state index contributed by atoms with van der Waals surface area (Å²) in [6.07, 6.45) is 1.92. The van der Waals surface area contributed by atoms with Crippen molar-refractivity contribution in [3.05, 3.63) is 11.4 Å². The van der Waals surface area contributed by atoms with Crippen LogP contribution in [0.4, 0.5) is 0 Å². The second-order valence-electron chi connectivity index (χ2n) is 4.99. The molecule has 0 aliphatic carbocycles. The molecule has 0 atom stereocenters. The standard InChI is InChI=1S/C12H25N5/c1-10(2)12-11(6-7-13)14-15-17(12)9-5-8-16(3)4/h10H,5-9,13H2,1-4H3. The molecular weight excluding hydrogens is 214 g/mol. The Morgan fingerprint density at radius 2 is 2.06 bits per heavy atom. The highest BCUT2D eigenvalue weighted by atomic mass is 15.4. The van der Waals surface area contributed by atoms with Gasteiger partial charge in [0.2, 0.25) is 0 Å². The van der Waals surface area contributed by atoms with E-state index in [2.05, 4.69) is 43.2 Å². The number of nitrogens with zero attached hydrogens (tertiary/aromatic N) is 4. The van der Waals surface area contributed by atoms with Crippen LogP contribution >= 0.6 is 0 Å². The van der Waals surface area contributed by atoms with Gasteiger partial charge < -0.3 is 10.6 Å². The van der Waals surface area contributed by atoms with Crippen molar-refractivity contribution in [1.82, 2.24) is 19.9 Å². The van der Waals surface area contributed by atoms with Gasteiger partial charge in [0.1, 0.15) is 0 Å². The summed E-state index contributed by atoms with van der Waals surface area (Å²) in [4.78, 5) is 2.19. The maximum Gasteiger partial charge on any atom is 0.0874 e. The molecule has 0 saturated carbocycles. The van der Waals surface area contributed by atoms with E-state index in [9.17, 15) is 0 Å². The van der Waals surface area contributed by atoms with Gasteiger partial charge in [-0.25, -0.2) is 4.68 Å². The van der Waals surface area contributed by atoms with Crippen LogP contribution in [-0.2, 0) is 13.0 Å². The first-order chi connectivity index (χ1) is 8.06. The van der Waals surface area contributed by atoms with Crippen molar-refractivity contribution in [3.8, 4) is 0 Å². The van der Waals surface area contributed by atoms with Gasteiger partial charge in [0.25, 0.3) is 0 Å². The van der Waals surface area contributed by atoms with Crippen LogP contribution in [0.15, 0.2) is 0 Å². The average Bonchev–Trinajstić information content (AvgIpc) is 2.61. The number of hydrogen-bond acceptors (Lipinski definition) is 4. The number of aryl methyl sites for hydroxylation is 1. The minimum atomic E-state index is 0.450. The molecule has 1 aromatic rings. The van der Waals surface area contributed by atoms with Crippen molar-refractivity contribution < 1.29 is 0 Å². The van der Waals surface area contributed by atoms with E-state index in [0.29, 0.717) is 12.5 Å². The Balaban J connectivity index is 2.70. The summed E-state index contributed by atoms with van der Waals surface area (Å²) in [6.45, 7) is 7.01. The predicted molar refractivity (Wildman–Crippen MR) is 70.0 cm³/mol. The molecule has 0 amide bonds. The van der Waals surface area contributed by atoms with Crippen LogP contribution in [0, 0.1) is 0 Å². The molecule has 0 bridgehead atoms. The topological polar surface area (TPSA) is 60.0 Å². The molecule has 5 nitrogen and oxygen atoms in total. The van der Waals surface area contributed by atoms with E-state index in [1.165, 1.54) is 5.69 Å². The molecule has 17 heavy (non-hydrogen) atoms. The minimum absolute atomic E-state index is 0.450. The Kier molecular flexibility index (Phi) is 5.58. The van der Waals surface area contributed by atoms with E-state index in [4.69, 9.17) is 5.73 Å². The van der Waals surface area contributed by atoms with Crippen molar-refractivity contribution in [2.24, 2.45) is 5.73 Å². The normalized spacial score (nSPS) is 11.7. The Morgan fingerprint density at radius 1 is 1.35 bits per heavy atom. The summed E-state index contributed by atoms with van der Waals surface area (Å²) in [5, 5.41) is 8.49. The lowest BCUT2D eigenvalue weighted by molar-refractivity contribution is 0.375. The molecule has 0 radical (unpaired) electrons. The smallest absolute Gasteiger partial charge is 0.0874 e. The molecule has 0 aliphatic heterocycles. The fourth-order valence-electron chi connectivity index (χ4n) is 2.00. The molecule has 5 heteroatoms. The van der Waals surface area contributed by atoms with E-state index in [0.717, 1.165) is 31.6 Å². The maximum absolute atomic E-state index is 5.59. The van der Waals surface area contributed by atoms with Gasteiger partial charge in [-0.2, -0.15) is 0 Å². The summed E-state index contributed by atoms with van der Waals surface area (Å²) in [7, 11) is 4.18. The zero-order chi connectivity index (χ0) is 12.8. The zero-order valence-corrected chi connectivity index (χ0v) is 11.5. The molecule has 0 aromatic carbocycles. The SMILES string of the molecule is CC(C)c1c(CCN)nnn1CCCN(C)C. The first kappa shape index (κ1) is 14.1. The van der Waals surface area contributed by atoms with Gasteiger partial charge >= 0.3 is 0 Å². The summed E-state index contributed by atoms with van der Waals surface area (Å²) in [6, 6.07) is 0. The second-order valence-corrected chi connectivity index (χ2v) is 4.99. The Labute approximate surface area is 104 Å². The summed E-state index contributed by atoms with van der Waals surface area (Å²) in [5.74, 6) is 0.450. The van der Waals surface area contributed by atoms with Gasteiger partial charge in [-0.1, -0.05) is 19.1 Å². The molecule has 0 fully saturated rings. The van der Waals surface area contributed by atoms with Gasteiger partial charge in [-0.05, 0) is 39.5 Å². The molecule has 0 spiro atoms. The first-order valence-corrected chi connectivity index (χ1v) is 6.33. The van der Waals surface area contributed by atoms with Gasteiger partial charge in [0.15, 0.2) is 0 Å². The highest BCUT2D eigenvalue weighted by Gasteiger charge is 2.15. The molecule has 1 heterocycles. The highest BCUT2D eigenvalue weighted by Crippen LogP contribution is 2.18. The third-order valence-electron chi connectivity index (χ3n) is 2.75. The predicted octanol–water partition coefficient (Wildman–Crippen LogP) is 0.854. The van der Waals surface area contributed by atoms with Crippen LogP contribution in [-0.4, -0.2) is 47.1 Å². The van der Waals surface area contributed by atoms with Gasteiger partial charge in [-0.3, -0.25) is 0 Å². The molecule has 98 valence electrons. The number of aromatic nitrogens is 3. The van der Waals surface area contributed by atoms with Crippen molar-refractivity contribution in [2.75, 3.05) is 27.2 Å². The molecule has 0 unspecified atom stereocenters. The summed E-state index contributed by atoms with van der Waals surface area (Å²) >= 11 is 0. The molecule has 0 aliphatic rings. The van der Waals surface area contributed by atoms with E-state index < -0.39 is 0 Å². The van der Waals surface area contributed by atoms with Crippen LogP contribution in [0.25, 0.3) is 0 Å². The fourth-order valence-corrected chi connectivity index (χ4v) is 2.00. The lowest BCUT2D eigenvalue weighted by atomic mass is 10.1.